The molecule has 0 aromatic heterocycles. The van der Waals surface area contributed by atoms with Gasteiger partial charge in [0, 0.05) is 42.8 Å². The fourth-order valence-corrected chi connectivity index (χ4v) is 2.27. The first-order valence-corrected chi connectivity index (χ1v) is 6.30. The summed E-state index contributed by atoms with van der Waals surface area (Å²) in [6.45, 7) is 4.83. The first-order valence-electron chi connectivity index (χ1n) is 6.30. The molecule has 0 aliphatic carbocycles. The molecule has 1 aliphatic rings. The molecule has 0 atom stereocenters. The van der Waals surface area contributed by atoms with Gasteiger partial charge >= 0.3 is 0 Å². The van der Waals surface area contributed by atoms with Gasteiger partial charge in [-0.05, 0) is 31.1 Å². The fraction of sp³-hybridized carbons (Fsp3) is 0.500. The van der Waals surface area contributed by atoms with Gasteiger partial charge in [-0.1, -0.05) is 5.11 Å². The van der Waals surface area contributed by atoms with Gasteiger partial charge in [0.25, 0.3) is 5.69 Å². The van der Waals surface area contributed by atoms with Crippen molar-refractivity contribution in [2.75, 3.05) is 38.1 Å². The summed E-state index contributed by atoms with van der Waals surface area (Å²) >= 11 is 0. The minimum atomic E-state index is -0.388. The smallest absolute Gasteiger partial charge is 0.292 e. The maximum atomic E-state index is 11.2. The summed E-state index contributed by atoms with van der Waals surface area (Å²) < 4.78 is 0. The average Bonchev–Trinajstić information content (AvgIpc) is 2.41. The molecule has 106 valence electrons. The molecule has 0 spiro atoms. The highest BCUT2D eigenvalue weighted by Crippen LogP contribution is 2.35. The molecule has 1 aromatic rings. The van der Waals surface area contributed by atoms with Crippen LogP contribution in [0.4, 0.5) is 17.1 Å². The number of azide groups is 1. The predicted molar refractivity (Wildman–Crippen MR) is 76.3 cm³/mol. The van der Waals surface area contributed by atoms with Gasteiger partial charge in [0.05, 0.1) is 4.92 Å². The second-order valence-corrected chi connectivity index (χ2v) is 4.86. The van der Waals surface area contributed by atoms with E-state index in [1.54, 1.807) is 13.0 Å². The highest BCUT2D eigenvalue weighted by molar-refractivity contribution is 5.71. The number of benzene rings is 1. The van der Waals surface area contributed by atoms with E-state index in [9.17, 15) is 10.1 Å². The second-order valence-electron chi connectivity index (χ2n) is 4.86. The zero-order valence-electron chi connectivity index (χ0n) is 11.5. The zero-order valence-corrected chi connectivity index (χ0v) is 11.5. The molecule has 0 amide bonds. The normalized spacial score (nSPS) is 15.8. The summed E-state index contributed by atoms with van der Waals surface area (Å²) in [5.41, 5.74) is 10.2. The lowest BCUT2D eigenvalue weighted by Crippen LogP contribution is -2.44. The number of anilines is 1. The molecule has 0 N–H and O–H groups in total. The van der Waals surface area contributed by atoms with E-state index in [0.717, 1.165) is 26.2 Å². The predicted octanol–water partition coefficient (Wildman–Crippen LogP) is 2.60. The van der Waals surface area contributed by atoms with Crippen molar-refractivity contribution in [2.24, 2.45) is 5.11 Å². The third-order valence-corrected chi connectivity index (χ3v) is 3.49. The summed E-state index contributed by atoms with van der Waals surface area (Å²) in [5, 5.41) is 14.8. The number of hydrogen-bond acceptors (Lipinski definition) is 5. The molecule has 1 fully saturated rings. The van der Waals surface area contributed by atoms with E-state index in [1.807, 2.05) is 11.9 Å². The number of nitro benzene ring substituents is 1. The van der Waals surface area contributed by atoms with E-state index in [1.165, 1.54) is 6.07 Å². The summed E-state index contributed by atoms with van der Waals surface area (Å²) in [4.78, 5) is 17.7. The molecule has 8 nitrogen and oxygen atoms in total. The Bertz CT molecular complexity index is 574. The molecule has 1 aromatic carbocycles. The Morgan fingerprint density at radius 3 is 2.55 bits per heavy atom. The highest BCUT2D eigenvalue weighted by atomic mass is 16.6. The van der Waals surface area contributed by atoms with Crippen LogP contribution in [-0.4, -0.2) is 43.0 Å². The van der Waals surface area contributed by atoms with Crippen LogP contribution in [0.2, 0.25) is 0 Å². The van der Waals surface area contributed by atoms with Crippen LogP contribution in [0.3, 0.4) is 0 Å². The van der Waals surface area contributed by atoms with Gasteiger partial charge in [-0.15, -0.1) is 0 Å². The van der Waals surface area contributed by atoms with E-state index >= 15 is 0 Å². The van der Waals surface area contributed by atoms with Gasteiger partial charge in [0.1, 0.15) is 5.69 Å². The van der Waals surface area contributed by atoms with E-state index in [-0.39, 0.29) is 10.6 Å². The van der Waals surface area contributed by atoms with Crippen molar-refractivity contribution in [1.29, 1.82) is 0 Å². The molecule has 20 heavy (non-hydrogen) atoms. The summed E-state index contributed by atoms with van der Waals surface area (Å²) in [6.07, 6.45) is 0. The monoisotopic (exact) mass is 276 g/mol. The average molecular weight is 276 g/mol. The minimum Gasteiger partial charge on any atom is -0.363 e. The Labute approximate surface area is 116 Å². The van der Waals surface area contributed by atoms with E-state index < -0.39 is 0 Å². The Balaban J connectivity index is 2.45. The van der Waals surface area contributed by atoms with Gasteiger partial charge in [-0.2, -0.15) is 0 Å². The lowest BCUT2D eigenvalue weighted by atomic mass is 10.1. The molecular formula is C12H16N6O2. The first-order chi connectivity index (χ1) is 9.52. The van der Waals surface area contributed by atoms with Gasteiger partial charge in [0.2, 0.25) is 0 Å². The number of hydrogen-bond donors (Lipinski definition) is 0. The number of nitro groups is 1. The molecule has 0 unspecified atom stereocenters. The lowest BCUT2D eigenvalue weighted by Gasteiger charge is -2.33. The van der Waals surface area contributed by atoms with Crippen LogP contribution in [0, 0.1) is 17.0 Å². The van der Waals surface area contributed by atoms with Crippen molar-refractivity contribution in [3.05, 3.63) is 38.3 Å². The SMILES string of the molecule is Cc1cc([N+](=O)[O-])c(N2CCN(C)CC2)cc1N=[N+]=[N-]. The molecule has 2 rings (SSSR count). The number of aryl methyl sites for hydroxylation is 1. The number of likely N-dealkylation sites (N-methyl/N-ethyl adjacent to an activating group) is 1. The van der Waals surface area contributed by atoms with Crippen molar-refractivity contribution in [2.45, 2.75) is 6.92 Å². The molecule has 1 aliphatic heterocycles. The van der Waals surface area contributed by atoms with E-state index in [2.05, 4.69) is 14.9 Å². The Morgan fingerprint density at radius 2 is 2.00 bits per heavy atom. The van der Waals surface area contributed by atoms with Crippen LogP contribution >= 0.6 is 0 Å². The molecular weight excluding hydrogens is 260 g/mol. The highest BCUT2D eigenvalue weighted by Gasteiger charge is 2.23. The van der Waals surface area contributed by atoms with Crippen LogP contribution in [-0.2, 0) is 0 Å². The van der Waals surface area contributed by atoms with E-state index in [4.69, 9.17) is 5.53 Å². The summed E-state index contributed by atoms with van der Waals surface area (Å²) in [5.74, 6) is 0. The summed E-state index contributed by atoms with van der Waals surface area (Å²) in [6, 6.07) is 3.08. The van der Waals surface area contributed by atoms with Gasteiger partial charge < -0.3 is 9.80 Å². The molecule has 8 heteroatoms. The lowest BCUT2D eigenvalue weighted by molar-refractivity contribution is -0.384. The van der Waals surface area contributed by atoms with Gasteiger partial charge in [0.15, 0.2) is 0 Å². The Morgan fingerprint density at radius 1 is 1.35 bits per heavy atom. The number of rotatable bonds is 3. The topological polar surface area (TPSA) is 98.4 Å². The van der Waals surface area contributed by atoms with Crippen molar-refractivity contribution in [3.63, 3.8) is 0 Å². The molecule has 0 saturated carbocycles. The van der Waals surface area contributed by atoms with Crippen molar-refractivity contribution in [1.82, 2.24) is 4.90 Å². The van der Waals surface area contributed by atoms with Crippen molar-refractivity contribution in [3.8, 4) is 0 Å². The maximum absolute atomic E-state index is 11.2. The summed E-state index contributed by atoms with van der Waals surface area (Å²) in [7, 11) is 2.02. The molecule has 1 heterocycles. The largest absolute Gasteiger partial charge is 0.363 e. The number of nitrogens with zero attached hydrogens (tertiary/aromatic N) is 6. The van der Waals surface area contributed by atoms with Crippen LogP contribution in [0.5, 0.6) is 0 Å². The Hall–Kier alpha value is -2.31. The van der Waals surface area contributed by atoms with Crippen LogP contribution < -0.4 is 4.90 Å². The third kappa shape index (κ3) is 2.81. The van der Waals surface area contributed by atoms with Crippen LogP contribution in [0.15, 0.2) is 17.2 Å². The minimum absolute atomic E-state index is 0.0592. The van der Waals surface area contributed by atoms with Crippen LogP contribution in [0.1, 0.15) is 5.56 Å². The molecule has 0 radical (unpaired) electrons. The Kier molecular flexibility index (Phi) is 4.07. The third-order valence-electron chi connectivity index (χ3n) is 3.49. The fourth-order valence-electron chi connectivity index (χ4n) is 2.27. The van der Waals surface area contributed by atoms with Gasteiger partial charge in [-0.3, -0.25) is 10.1 Å². The number of piperazine rings is 1. The van der Waals surface area contributed by atoms with Crippen molar-refractivity contribution < 1.29 is 4.92 Å². The second kappa shape index (κ2) is 5.77. The van der Waals surface area contributed by atoms with E-state index in [0.29, 0.717) is 16.9 Å². The zero-order chi connectivity index (χ0) is 14.7. The standard InChI is InChI=1S/C12H16N6O2/c1-9-7-12(18(19)20)11(8-10(9)14-15-13)17-5-3-16(2)4-6-17/h7-8H,3-6H2,1-2H3. The van der Waals surface area contributed by atoms with Crippen molar-refractivity contribution >= 4 is 17.1 Å². The quantitative estimate of drug-likeness (QED) is 0.278. The van der Waals surface area contributed by atoms with Crippen LogP contribution in [0.25, 0.3) is 10.4 Å². The van der Waals surface area contributed by atoms with Gasteiger partial charge in [-0.25, -0.2) is 0 Å². The molecule has 1 saturated heterocycles. The first kappa shape index (κ1) is 14.1. The molecule has 0 bridgehead atoms. The maximum Gasteiger partial charge on any atom is 0.292 e.